The van der Waals surface area contributed by atoms with E-state index < -0.39 is 0 Å². The van der Waals surface area contributed by atoms with Crippen LogP contribution in [0.15, 0.2) is 23.3 Å². The quantitative estimate of drug-likeness (QED) is 0.584. The topological polar surface area (TPSA) is 17.1 Å². The van der Waals surface area contributed by atoms with E-state index in [0.717, 1.165) is 36.5 Å². The van der Waals surface area contributed by atoms with Gasteiger partial charge in [0, 0.05) is 6.42 Å². The summed E-state index contributed by atoms with van der Waals surface area (Å²) in [5.74, 6) is 3.87. The highest BCUT2D eigenvalue weighted by Gasteiger charge is 2.54. The molecule has 0 N–H and O–H groups in total. The number of fused-ring (bicyclic) bond motifs is 5. The zero-order valence-corrected chi connectivity index (χ0v) is 14.9. The van der Waals surface area contributed by atoms with Crippen molar-refractivity contribution in [3.05, 3.63) is 23.3 Å². The van der Waals surface area contributed by atoms with E-state index in [1.165, 1.54) is 56.9 Å². The Bertz CT molecular complexity index is 554. The molecule has 0 spiro atoms. The average Bonchev–Trinajstić information content (AvgIpc) is 2.89. The molecule has 1 heteroatoms. The molecule has 0 amide bonds. The van der Waals surface area contributed by atoms with Crippen LogP contribution in [0.25, 0.3) is 0 Å². The lowest BCUT2D eigenvalue weighted by Crippen LogP contribution is -2.45. The molecule has 0 aromatic rings. The molecular formula is C22H32O. The van der Waals surface area contributed by atoms with Crippen molar-refractivity contribution in [2.24, 2.45) is 29.1 Å². The molecule has 0 bridgehead atoms. The molecule has 0 saturated heterocycles. The Morgan fingerprint density at radius 1 is 1.13 bits per heavy atom. The fraction of sp³-hybridized carbons (Fsp3) is 0.773. The third-order valence-electron chi connectivity index (χ3n) is 7.83. The molecule has 23 heavy (non-hydrogen) atoms. The van der Waals surface area contributed by atoms with E-state index in [1.807, 2.05) is 6.08 Å². The molecule has 4 rings (SSSR count). The lowest BCUT2D eigenvalue weighted by atomic mass is 9.52. The second-order valence-corrected chi connectivity index (χ2v) is 8.82. The number of carbonyl (C=O) groups excluding carboxylic acids is 1. The van der Waals surface area contributed by atoms with Crippen LogP contribution in [0.4, 0.5) is 0 Å². The first-order valence-corrected chi connectivity index (χ1v) is 10.1. The molecule has 5 atom stereocenters. The molecule has 0 aromatic heterocycles. The number of ketones is 1. The highest BCUT2D eigenvalue weighted by Crippen LogP contribution is 2.63. The second-order valence-electron chi connectivity index (χ2n) is 8.82. The zero-order valence-electron chi connectivity index (χ0n) is 14.9. The van der Waals surface area contributed by atoms with E-state index in [0.29, 0.717) is 11.2 Å². The molecule has 0 aliphatic heterocycles. The maximum absolute atomic E-state index is 11.8. The van der Waals surface area contributed by atoms with Crippen LogP contribution < -0.4 is 0 Å². The first kappa shape index (κ1) is 15.7. The number of allylic oxidation sites excluding steroid dienone is 3. The molecule has 126 valence electrons. The van der Waals surface area contributed by atoms with Gasteiger partial charge in [0.1, 0.15) is 0 Å². The molecule has 4 aliphatic rings. The second kappa shape index (κ2) is 5.90. The first-order chi connectivity index (χ1) is 11.1. The highest BCUT2D eigenvalue weighted by molar-refractivity contribution is 5.91. The van der Waals surface area contributed by atoms with Gasteiger partial charge in [0.05, 0.1) is 0 Å². The molecule has 0 radical (unpaired) electrons. The largest absolute Gasteiger partial charge is 0.295 e. The summed E-state index contributed by atoms with van der Waals surface area (Å²) in [6.07, 6.45) is 17.3. The summed E-state index contributed by atoms with van der Waals surface area (Å²) < 4.78 is 0. The molecule has 1 nitrogen and oxygen atoms in total. The predicted octanol–water partition coefficient (Wildman–Crippen LogP) is 5.85. The lowest BCUT2D eigenvalue weighted by molar-refractivity contribution is -0.115. The molecular weight excluding hydrogens is 280 g/mol. The minimum Gasteiger partial charge on any atom is -0.295 e. The monoisotopic (exact) mass is 312 g/mol. The van der Waals surface area contributed by atoms with Crippen molar-refractivity contribution in [3.63, 3.8) is 0 Å². The van der Waals surface area contributed by atoms with Gasteiger partial charge < -0.3 is 0 Å². The molecule has 3 fully saturated rings. The summed E-state index contributed by atoms with van der Waals surface area (Å²) in [6.45, 7) is 4.88. The smallest absolute Gasteiger partial charge is 0.155 e. The summed E-state index contributed by atoms with van der Waals surface area (Å²) in [5.41, 5.74) is 3.82. The highest BCUT2D eigenvalue weighted by atomic mass is 16.1. The van der Waals surface area contributed by atoms with Crippen molar-refractivity contribution in [1.29, 1.82) is 0 Å². The van der Waals surface area contributed by atoms with Crippen molar-refractivity contribution in [1.82, 2.24) is 0 Å². The molecule has 3 saturated carbocycles. The Kier molecular flexibility index (Phi) is 4.02. The molecule has 0 heterocycles. The maximum Gasteiger partial charge on any atom is 0.155 e. The van der Waals surface area contributed by atoms with Crippen molar-refractivity contribution in [3.8, 4) is 0 Å². The van der Waals surface area contributed by atoms with Crippen LogP contribution in [-0.2, 0) is 4.79 Å². The Morgan fingerprint density at radius 2 is 2.00 bits per heavy atom. The first-order valence-electron chi connectivity index (χ1n) is 10.1. The molecule has 4 aliphatic carbocycles. The van der Waals surface area contributed by atoms with Crippen LogP contribution in [0.1, 0.15) is 78.1 Å². The van der Waals surface area contributed by atoms with Gasteiger partial charge in [0.2, 0.25) is 0 Å². The van der Waals surface area contributed by atoms with E-state index in [9.17, 15) is 4.79 Å². The van der Waals surface area contributed by atoms with Gasteiger partial charge in [-0.1, -0.05) is 37.5 Å². The SMILES string of the molecule is CCCC=C1CCC2C3CCC4=CC(=O)CC[C@@H]4C3CCC12C. The third kappa shape index (κ3) is 2.46. The van der Waals surface area contributed by atoms with Crippen LogP contribution in [0.5, 0.6) is 0 Å². The number of hydrogen-bond acceptors (Lipinski definition) is 1. The average molecular weight is 312 g/mol. The van der Waals surface area contributed by atoms with Gasteiger partial charge >= 0.3 is 0 Å². The zero-order chi connectivity index (χ0) is 16.0. The minimum absolute atomic E-state index is 0.390. The van der Waals surface area contributed by atoms with Gasteiger partial charge in [-0.3, -0.25) is 4.79 Å². The van der Waals surface area contributed by atoms with Gasteiger partial charge in [-0.05, 0) is 86.5 Å². The standard InChI is InChI=1S/C22H32O/c1-3-4-5-16-7-11-21-20-9-6-15-14-17(23)8-10-18(15)19(20)12-13-22(16,21)2/h5,14,18-21H,3-4,6-13H2,1-2H3/t18-,19?,20?,21?,22?/m0/s1. The van der Waals surface area contributed by atoms with E-state index in [2.05, 4.69) is 19.9 Å². The van der Waals surface area contributed by atoms with Crippen LogP contribution >= 0.6 is 0 Å². The Labute approximate surface area is 141 Å². The van der Waals surface area contributed by atoms with Crippen LogP contribution in [-0.4, -0.2) is 5.78 Å². The van der Waals surface area contributed by atoms with Crippen molar-refractivity contribution in [2.45, 2.75) is 78.1 Å². The van der Waals surface area contributed by atoms with E-state index in [4.69, 9.17) is 0 Å². The lowest BCUT2D eigenvalue weighted by Gasteiger charge is -2.53. The number of carbonyl (C=O) groups is 1. The fourth-order valence-corrected chi connectivity index (χ4v) is 6.68. The van der Waals surface area contributed by atoms with E-state index in [-0.39, 0.29) is 0 Å². The summed E-state index contributed by atoms with van der Waals surface area (Å²) >= 11 is 0. The van der Waals surface area contributed by atoms with Crippen LogP contribution in [0, 0.1) is 29.1 Å². The van der Waals surface area contributed by atoms with Crippen LogP contribution in [0.2, 0.25) is 0 Å². The Morgan fingerprint density at radius 3 is 2.83 bits per heavy atom. The van der Waals surface area contributed by atoms with Crippen molar-refractivity contribution < 1.29 is 4.79 Å². The number of rotatable bonds is 2. The normalized spacial score (nSPS) is 44.5. The van der Waals surface area contributed by atoms with Crippen molar-refractivity contribution in [2.75, 3.05) is 0 Å². The van der Waals surface area contributed by atoms with Crippen LogP contribution in [0.3, 0.4) is 0 Å². The number of hydrogen-bond donors (Lipinski definition) is 0. The molecule has 0 aromatic carbocycles. The van der Waals surface area contributed by atoms with Gasteiger partial charge in [-0.2, -0.15) is 0 Å². The van der Waals surface area contributed by atoms with E-state index >= 15 is 0 Å². The minimum atomic E-state index is 0.390. The summed E-state index contributed by atoms with van der Waals surface area (Å²) in [5, 5.41) is 0. The molecule has 4 unspecified atom stereocenters. The fourth-order valence-electron chi connectivity index (χ4n) is 6.68. The summed E-state index contributed by atoms with van der Waals surface area (Å²) in [4.78, 5) is 11.8. The van der Waals surface area contributed by atoms with Crippen molar-refractivity contribution >= 4 is 5.78 Å². The van der Waals surface area contributed by atoms with Gasteiger partial charge in [0.25, 0.3) is 0 Å². The number of unbranched alkanes of at least 4 members (excludes halogenated alkanes) is 1. The Balaban J connectivity index is 1.59. The van der Waals surface area contributed by atoms with Gasteiger partial charge in [0.15, 0.2) is 5.78 Å². The van der Waals surface area contributed by atoms with Gasteiger partial charge in [-0.15, -0.1) is 0 Å². The van der Waals surface area contributed by atoms with Gasteiger partial charge in [-0.25, -0.2) is 0 Å². The summed E-state index contributed by atoms with van der Waals surface area (Å²) in [6, 6.07) is 0. The van der Waals surface area contributed by atoms with E-state index in [1.54, 1.807) is 5.57 Å². The maximum atomic E-state index is 11.8. The predicted molar refractivity (Wildman–Crippen MR) is 95.1 cm³/mol. The third-order valence-corrected chi connectivity index (χ3v) is 7.83. The Hall–Kier alpha value is -0.850. The summed E-state index contributed by atoms with van der Waals surface area (Å²) in [7, 11) is 0.